The Labute approximate surface area is 124 Å². The summed E-state index contributed by atoms with van der Waals surface area (Å²) < 4.78 is 5.21. The van der Waals surface area contributed by atoms with Crippen LogP contribution in [-0.2, 0) is 0 Å². The molecule has 1 aliphatic heterocycles. The number of hydrogen-bond donors (Lipinski definition) is 1. The predicted octanol–water partition coefficient (Wildman–Crippen LogP) is 2.61. The number of methoxy groups -OCH3 is 1. The third-order valence-electron chi connectivity index (χ3n) is 3.53. The molecular formula is C15H19N5O. The predicted molar refractivity (Wildman–Crippen MR) is 82.2 cm³/mol. The first-order chi connectivity index (χ1) is 10.3. The molecule has 6 nitrogen and oxygen atoms in total. The average molecular weight is 285 g/mol. The Balaban J connectivity index is 1.76. The standard InChI is InChI=1S/C15H19N5O/c1-21-13-7-5-6-12(10-13)17-14-11-16-19-15(18-14)20-8-3-2-4-9-20/h5-7,10-11H,2-4,8-9H2,1H3,(H,17,18,19). The van der Waals surface area contributed by atoms with Gasteiger partial charge in [-0.25, -0.2) is 0 Å². The van der Waals surface area contributed by atoms with E-state index in [1.807, 2.05) is 24.3 Å². The molecule has 0 saturated carbocycles. The zero-order valence-corrected chi connectivity index (χ0v) is 12.1. The first-order valence-electron chi connectivity index (χ1n) is 7.21. The Morgan fingerprint density at radius 3 is 2.86 bits per heavy atom. The number of nitrogens with zero attached hydrogens (tertiary/aromatic N) is 4. The third kappa shape index (κ3) is 3.39. The molecule has 0 aliphatic carbocycles. The monoisotopic (exact) mass is 285 g/mol. The summed E-state index contributed by atoms with van der Waals surface area (Å²) in [6, 6.07) is 7.72. The van der Waals surface area contributed by atoms with Gasteiger partial charge in [0, 0.05) is 24.8 Å². The van der Waals surface area contributed by atoms with Crippen LogP contribution in [0.1, 0.15) is 19.3 Å². The smallest absolute Gasteiger partial charge is 0.247 e. The third-order valence-corrected chi connectivity index (χ3v) is 3.53. The van der Waals surface area contributed by atoms with Crippen molar-refractivity contribution in [2.45, 2.75) is 19.3 Å². The van der Waals surface area contributed by atoms with E-state index in [1.165, 1.54) is 19.3 Å². The van der Waals surface area contributed by atoms with Crippen LogP contribution in [0.5, 0.6) is 5.75 Å². The maximum atomic E-state index is 5.21. The Morgan fingerprint density at radius 2 is 2.05 bits per heavy atom. The van der Waals surface area contributed by atoms with Gasteiger partial charge < -0.3 is 15.0 Å². The molecule has 110 valence electrons. The van der Waals surface area contributed by atoms with Crippen LogP contribution >= 0.6 is 0 Å². The van der Waals surface area contributed by atoms with Gasteiger partial charge in [0.05, 0.1) is 13.3 Å². The van der Waals surface area contributed by atoms with Gasteiger partial charge in [-0.15, -0.1) is 5.10 Å². The van der Waals surface area contributed by atoms with Crippen molar-refractivity contribution in [1.82, 2.24) is 15.2 Å². The Bertz CT molecular complexity index is 598. The van der Waals surface area contributed by atoms with E-state index in [2.05, 4.69) is 25.4 Å². The van der Waals surface area contributed by atoms with Crippen molar-refractivity contribution in [3.05, 3.63) is 30.5 Å². The minimum Gasteiger partial charge on any atom is -0.497 e. The zero-order valence-electron chi connectivity index (χ0n) is 12.1. The summed E-state index contributed by atoms with van der Waals surface area (Å²) >= 11 is 0. The lowest BCUT2D eigenvalue weighted by Gasteiger charge is -2.26. The van der Waals surface area contributed by atoms with Gasteiger partial charge in [-0.1, -0.05) is 6.07 Å². The molecule has 1 N–H and O–H groups in total. The summed E-state index contributed by atoms with van der Waals surface area (Å²) in [4.78, 5) is 6.74. The van der Waals surface area contributed by atoms with Crippen LogP contribution in [0.4, 0.5) is 17.5 Å². The highest BCUT2D eigenvalue weighted by Crippen LogP contribution is 2.21. The Morgan fingerprint density at radius 1 is 1.19 bits per heavy atom. The minimum atomic E-state index is 0.693. The average Bonchev–Trinajstić information content (AvgIpc) is 2.56. The van der Waals surface area contributed by atoms with E-state index in [0.29, 0.717) is 11.8 Å². The van der Waals surface area contributed by atoms with E-state index in [4.69, 9.17) is 4.74 Å². The second-order valence-corrected chi connectivity index (χ2v) is 5.05. The highest BCUT2D eigenvalue weighted by Gasteiger charge is 2.14. The van der Waals surface area contributed by atoms with Gasteiger partial charge in [-0.2, -0.15) is 10.1 Å². The molecule has 0 unspecified atom stereocenters. The molecule has 0 spiro atoms. The molecule has 6 heteroatoms. The van der Waals surface area contributed by atoms with Crippen molar-refractivity contribution < 1.29 is 4.74 Å². The van der Waals surface area contributed by atoms with Crippen LogP contribution < -0.4 is 15.0 Å². The van der Waals surface area contributed by atoms with Crippen molar-refractivity contribution in [2.24, 2.45) is 0 Å². The summed E-state index contributed by atoms with van der Waals surface area (Å²) in [5.41, 5.74) is 0.916. The van der Waals surface area contributed by atoms with Gasteiger partial charge in [0.2, 0.25) is 5.95 Å². The number of rotatable bonds is 4. The van der Waals surface area contributed by atoms with Gasteiger partial charge in [0.15, 0.2) is 5.82 Å². The number of piperidine rings is 1. The summed E-state index contributed by atoms with van der Waals surface area (Å²) in [7, 11) is 1.65. The normalized spacial score (nSPS) is 14.8. The van der Waals surface area contributed by atoms with Gasteiger partial charge >= 0.3 is 0 Å². The highest BCUT2D eigenvalue weighted by molar-refractivity contribution is 5.58. The van der Waals surface area contributed by atoms with Crippen LogP contribution in [0.15, 0.2) is 30.5 Å². The van der Waals surface area contributed by atoms with E-state index in [9.17, 15) is 0 Å². The lowest BCUT2D eigenvalue weighted by Crippen LogP contribution is -2.31. The molecular weight excluding hydrogens is 266 g/mol. The van der Waals surface area contributed by atoms with E-state index < -0.39 is 0 Å². The van der Waals surface area contributed by atoms with Crippen molar-refractivity contribution >= 4 is 17.5 Å². The number of anilines is 3. The number of benzene rings is 1. The molecule has 1 aromatic heterocycles. The first kappa shape index (κ1) is 13.6. The van der Waals surface area contributed by atoms with Crippen molar-refractivity contribution in [3.8, 4) is 5.75 Å². The maximum Gasteiger partial charge on any atom is 0.247 e. The fraction of sp³-hybridized carbons (Fsp3) is 0.400. The van der Waals surface area contributed by atoms with E-state index in [0.717, 1.165) is 24.5 Å². The van der Waals surface area contributed by atoms with Crippen molar-refractivity contribution in [2.75, 3.05) is 30.4 Å². The SMILES string of the molecule is COc1cccc(Nc2cnnc(N3CCCCC3)n2)c1. The molecule has 3 rings (SSSR count). The molecule has 1 aromatic carbocycles. The van der Waals surface area contributed by atoms with Crippen LogP contribution in [0.2, 0.25) is 0 Å². The lowest BCUT2D eigenvalue weighted by atomic mass is 10.1. The topological polar surface area (TPSA) is 63.2 Å². The van der Waals surface area contributed by atoms with Crippen LogP contribution in [0.3, 0.4) is 0 Å². The minimum absolute atomic E-state index is 0.693. The number of aromatic nitrogens is 3. The second kappa shape index (κ2) is 6.39. The Hall–Kier alpha value is -2.37. The fourth-order valence-electron chi connectivity index (χ4n) is 2.43. The molecule has 2 heterocycles. The van der Waals surface area contributed by atoms with Crippen molar-refractivity contribution in [1.29, 1.82) is 0 Å². The molecule has 0 amide bonds. The van der Waals surface area contributed by atoms with Gasteiger partial charge in [-0.3, -0.25) is 0 Å². The Kier molecular flexibility index (Phi) is 4.14. The van der Waals surface area contributed by atoms with Gasteiger partial charge in [0.25, 0.3) is 0 Å². The first-order valence-corrected chi connectivity index (χ1v) is 7.21. The molecule has 1 saturated heterocycles. The molecule has 1 fully saturated rings. The van der Waals surface area contributed by atoms with Crippen LogP contribution in [0, 0.1) is 0 Å². The number of nitrogens with one attached hydrogen (secondary N) is 1. The lowest BCUT2D eigenvalue weighted by molar-refractivity contribution is 0.415. The van der Waals surface area contributed by atoms with Crippen LogP contribution in [-0.4, -0.2) is 35.4 Å². The molecule has 2 aromatic rings. The van der Waals surface area contributed by atoms with Gasteiger partial charge in [0.1, 0.15) is 5.75 Å². The molecule has 1 aliphatic rings. The highest BCUT2D eigenvalue weighted by atomic mass is 16.5. The second-order valence-electron chi connectivity index (χ2n) is 5.05. The van der Waals surface area contributed by atoms with E-state index >= 15 is 0 Å². The maximum absolute atomic E-state index is 5.21. The molecule has 0 bridgehead atoms. The largest absolute Gasteiger partial charge is 0.497 e. The van der Waals surface area contributed by atoms with Crippen molar-refractivity contribution in [3.63, 3.8) is 0 Å². The summed E-state index contributed by atoms with van der Waals surface area (Å²) in [6.45, 7) is 2.01. The molecule has 21 heavy (non-hydrogen) atoms. The summed E-state index contributed by atoms with van der Waals surface area (Å²) in [5, 5.41) is 11.4. The van der Waals surface area contributed by atoms with Crippen LogP contribution in [0.25, 0.3) is 0 Å². The summed E-state index contributed by atoms with van der Waals surface area (Å²) in [5.74, 6) is 2.19. The molecule has 0 radical (unpaired) electrons. The number of hydrogen-bond acceptors (Lipinski definition) is 6. The molecule has 0 atom stereocenters. The van der Waals surface area contributed by atoms with E-state index in [-0.39, 0.29) is 0 Å². The quantitative estimate of drug-likeness (QED) is 0.931. The summed E-state index contributed by atoms with van der Waals surface area (Å²) in [6.07, 6.45) is 5.30. The number of ether oxygens (including phenoxy) is 1. The van der Waals surface area contributed by atoms with E-state index in [1.54, 1.807) is 13.3 Å². The fourth-order valence-corrected chi connectivity index (χ4v) is 2.43. The zero-order chi connectivity index (χ0) is 14.5. The van der Waals surface area contributed by atoms with Gasteiger partial charge in [-0.05, 0) is 31.4 Å².